The standard InChI is InChI=1S/C23H26N2O5/c1-6-9-29-23(26)25-17-10-15(3)20(11-14(17)2)30-19-7-8-24-18-13-22(28-5)21(27-4)12-16(18)19/h7-8,10-13H,6,9H2,1-5H3,(H,25,26). The van der Waals surface area contributed by atoms with Crippen LogP contribution in [0, 0.1) is 13.8 Å². The van der Waals surface area contributed by atoms with Crippen molar-refractivity contribution in [1.29, 1.82) is 0 Å². The van der Waals surface area contributed by atoms with Crippen LogP contribution in [0.3, 0.4) is 0 Å². The van der Waals surface area contributed by atoms with Gasteiger partial charge in [-0.05, 0) is 55.7 Å². The molecular weight excluding hydrogens is 384 g/mol. The molecule has 1 aromatic heterocycles. The van der Waals surface area contributed by atoms with Crippen LogP contribution in [0.1, 0.15) is 24.5 Å². The van der Waals surface area contributed by atoms with Gasteiger partial charge in [0.05, 0.1) is 26.3 Å². The molecule has 0 atom stereocenters. The number of hydrogen-bond acceptors (Lipinski definition) is 6. The second-order valence-electron chi connectivity index (χ2n) is 6.83. The van der Waals surface area contributed by atoms with Crippen molar-refractivity contribution in [3.8, 4) is 23.0 Å². The first-order valence-electron chi connectivity index (χ1n) is 9.70. The van der Waals surface area contributed by atoms with E-state index in [1.54, 1.807) is 26.5 Å². The lowest BCUT2D eigenvalue weighted by atomic mass is 10.1. The molecule has 30 heavy (non-hydrogen) atoms. The van der Waals surface area contributed by atoms with Crippen LogP contribution >= 0.6 is 0 Å². The molecule has 0 aliphatic rings. The Balaban J connectivity index is 1.92. The number of hydrogen-bond donors (Lipinski definition) is 1. The predicted octanol–water partition coefficient (Wildman–Crippen LogP) is 5.62. The van der Waals surface area contributed by atoms with E-state index in [1.807, 2.05) is 45.0 Å². The Kier molecular flexibility index (Phi) is 6.61. The number of nitrogens with zero attached hydrogens (tertiary/aromatic N) is 1. The van der Waals surface area contributed by atoms with Gasteiger partial charge in [0.25, 0.3) is 0 Å². The molecule has 0 bridgehead atoms. The SMILES string of the molecule is CCCOC(=O)Nc1cc(C)c(Oc2ccnc3cc(OC)c(OC)cc23)cc1C. The maximum atomic E-state index is 11.9. The Morgan fingerprint density at radius 3 is 2.40 bits per heavy atom. The Bertz CT molecular complexity index is 1070. The van der Waals surface area contributed by atoms with Crippen molar-refractivity contribution in [2.24, 2.45) is 0 Å². The molecule has 0 saturated heterocycles. The molecule has 0 aliphatic carbocycles. The summed E-state index contributed by atoms with van der Waals surface area (Å²) in [4.78, 5) is 16.3. The summed E-state index contributed by atoms with van der Waals surface area (Å²) in [7, 11) is 3.18. The van der Waals surface area contributed by atoms with Gasteiger partial charge in [-0.15, -0.1) is 0 Å². The number of anilines is 1. The quantitative estimate of drug-likeness (QED) is 0.545. The van der Waals surface area contributed by atoms with E-state index in [-0.39, 0.29) is 0 Å². The molecule has 2 aromatic carbocycles. The molecule has 0 saturated carbocycles. The predicted molar refractivity (Wildman–Crippen MR) is 116 cm³/mol. The van der Waals surface area contributed by atoms with Crippen LogP contribution in [0.2, 0.25) is 0 Å². The van der Waals surface area contributed by atoms with E-state index in [2.05, 4.69) is 10.3 Å². The maximum Gasteiger partial charge on any atom is 0.411 e. The van der Waals surface area contributed by atoms with E-state index >= 15 is 0 Å². The number of carbonyl (C=O) groups excluding carboxylic acids is 1. The second-order valence-corrected chi connectivity index (χ2v) is 6.83. The van der Waals surface area contributed by atoms with Crippen molar-refractivity contribution in [2.45, 2.75) is 27.2 Å². The largest absolute Gasteiger partial charge is 0.493 e. The van der Waals surface area contributed by atoms with Crippen molar-refractivity contribution < 1.29 is 23.7 Å². The van der Waals surface area contributed by atoms with Crippen LogP contribution in [0.25, 0.3) is 10.9 Å². The van der Waals surface area contributed by atoms with E-state index in [4.69, 9.17) is 18.9 Å². The second kappa shape index (κ2) is 9.35. The van der Waals surface area contributed by atoms with Crippen LogP contribution in [0.4, 0.5) is 10.5 Å². The first-order valence-corrected chi connectivity index (χ1v) is 9.70. The molecule has 1 N–H and O–H groups in total. The highest BCUT2D eigenvalue weighted by atomic mass is 16.5. The molecule has 158 valence electrons. The Hall–Kier alpha value is -3.48. The molecular formula is C23H26N2O5. The summed E-state index contributed by atoms with van der Waals surface area (Å²) in [5.74, 6) is 2.53. The van der Waals surface area contributed by atoms with Gasteiger partial charge in [0, 0.05) is 23.3 Å². The zero-order valence-corrected chi connectivity index (χ0v) is 17.9. The first kappa shape index (κ1) is 21.2. The molecule has 1 heterocycles. The van der Waals surface area contributed by atoms with Crippen molar-refractivity contribution in [2.75, 3.05) is 26.1 Å². The molecule has 0 unspecified atom stereocenters. The lowest BCUT2D eigenvalue weighted by molar-refractivity contribution is 0.161. The lowest BCUT2D eigenvalue weighted by Crippen LogP contribution is -2.15. The summed E-state index contributed by atoms with van der Waals surface area (Å²) in [5, 5.41) is 3.58. The van der Waals surface area contributed by atoms with E-state index in [0.29, 0.717) is 35.3 Å². The van der Waals surface area contributed by atoms with Crippen molar-refractivity contribution in [3.05, 3.63) is 47.7 Å². The summed E-state index contributed by atoms with van der Waals surface area (Å²) in [6.07, 6.45) is 1.99. The number of aryl methyl sites for hydroxylation is 2. The summed E-state index contributed by atoms with van der Waals surface area (Å²) in [6.45, 7) is 6.16. The topological polar surface area (TPSA) is 78.9 Å². The van der Waals surface area contributed by atoms with Gasteiger partial charge < -0.3 is 18.9 Å². The zero-order chi connectivity index (χ0) is 21.7. The Morgan fingerprint density at radius 2 is 1.70 bits per heavy atom. The van der Waals surface area contributed by atoms with Gasteiger partial charge in [-0.3, -0.25) is 10.3 Å². The van der Waals surface area contributed by atoms with Gasteiger partial charge in [0.1, 0.15) is 11.5 Å². The van der Waals surface area contributed by atoms with Crippen LogP contribution in [-0.4, -0.2) is 31.9 Å². The fourth-order valence-electron chi connectivity index (χ4n) is 3.03. The minimum atomic E-state index is -0.464. The van der Waals surface area contributed by atoms with Gasteiger partial charge in [-0.2, -0.15) is 0 Å². The number of pyridine rings is 1. The van der Waals surface area contributed by atoms with Crippen LogP contribution < -0.4 is 19.5 Å². The maximum absolute atomic E-state index is 11.9. The summed E-state index contributed by atoms with van der Waals surface area (Å²) in [5.41, 5.74) is 3.15. The molecule has 0 radical (unpaired) electrons. The van der Waals surface area contributed by atoms with Gasteiger partial charge in [0.15, 0.2) is 11.5 Å². The molecule has 7 nitrogen and oxygen atoms in total. The summed E-state index contributed by atoms with van der Waals surface area (Å²) in [6, 6.07) is 9.21. The normalized spacial score (nSPS) is 10.6. The van der Waals surface area contributed by atoms with E-state index in [9.17, 15) is 4.79 Å². The fourth-order valence-corrected chi connectivity index (χ4v) is 3.03. The molecule has 3 aromatic rings. The van der Waals surface area contributed by atoms with E-state index in [0.717, 1.165) is 28.5 Å². The smallest absolute Gasteiger partial charge is 0.411 e. The molecule has 0 aliphatic heterocycles. The summed E-state index contributed by atoms with van der Waals surface area (Å²) < 4.78 is 22.1. The number of fused-ring (bicyclic) bond motifs is 1. The third-order valence-corrected chi connectivity index (χ3v) is 4.62. The average Bonchev–Trinajstić information content (AvgIpc) is 2.74. The Morgan fingerprint density at radius 1 is 0.967 bits per heavy atom. The van der Waals surface area contributed by atoms with Crippen molar-refractivity contribution >= 4 is 22.7 Å². The van der Waals surface area contributed by atoms with Gasteiger partial charge in [-0.1, -0.05) is 6.92 Å². The number of ether oxygens (including phenoxy) is 4. The third kappa shape index (κ3) is 4.56. The van der Waals surface area contributed by atoms with Crippen molar-refractivity contribution in [1.82, 2.24) is 4.98 Å². The third-order valence-electron chi connectivity index (χ3n) is 4.62. The number of carbonyl (C=O) groups is 1. The van der Waals surface area contributed by atoms with E-state index in [1.165, 1.54) is 0 Å². The van der Waals surface area contributed by atoms with Gasteiger partial charge in [0.2, 0.25) is 0 Å². The van der Waals surface area contributed by atoms with Gasteiger partial charge in [-0.25, -0.2) is 4.79 Å². The van der Waals surface area contributed by atoms with Crippen LogP contribution in [0.5, 0.6) is 23.0 Å². The number of rotatable bonds is 7. The van der Waals surface area contributed by atoms with Crippen molar-refractivity contribution in [3.63, 3.8) is 0 Å². The van der Waals surface area contributed by atoms with Crippen LogP contribution in [-0.2, 0) is 4.74 Å². The van der Waals surface area contributed by atoms with E-state index < -0.39 is 6.09 Å². The highest BCUT2D eigenvalue weighted by molar-refractivity contribution is 5.89. The van der Waals surface area contributed by atoms with Crippen LogP contribution in [0.15, 0.2) is 36.5 Å². The number of benzene rings is 2. The Labute approximate surface area is 175 Å². The number of nitrogens with one attached hydrogen (secondary N) is 1. The number of amides is 1. The first-order chi connectivity index (χ1) is 14.5. The molecule has 1 amide bonds. The fraction of sp³-hybridized carbons (Fsp3) is 0.304. The lowest BCUT2D eigenvalue weighted by Gasteiger charge is -2.16. The number of aromatic nitrogens is 1. The minimum absolute atomic E-state index is 0.383. The molecule has 7 heteroatoms. The monoisotopic (exact) mass is 410 g/mol. The molecule has 0 spiro atoms. The van der Waals surface area contributed by atoms with Gasteiger partial charge >= 0.3 is 6.09 Å². The minimum Gasteiger partial charge on any atom is -0.493 e. The highest BCUT2D eigenvalue weighted by Crippen LogP contribution is 2.38. The summed E-state index contributed by atoms with van der Waals surface area (Å²) >= 11 is 0. The number of methoxy groups -OCH3 is 2. The zero-order valence-electron chi connectivity index (χ0n) is 17.9. The molecule has 3 rings (SSSR count). The highest BCUT2D eigenvalue weighted by Gasteiger charge is 2.14. The average molecular weight is 410 g/mol. The molecule has 0 fully saturated rings.